The Hall–Kier alpha value is -1.82. The van der Waals surface area contributed by atoms with Crippen LogP contribution in [0.25, 0.3) is 0 Å². The average molecular weight is 290 g/mol. The van der Waals surface area contributed by atoms with Crippen LogP contribution in [-0.4, -0.2) is 27.1 Å². The first-order valence-electron chi connectivity index (χ1n) is 6.86. The second-order valence-electron chi connectivity index (χ2n) is 5.00. The standard InChI is InChI=1S/C14H18N4OS/c1-2-17-8-11(15)13(16-17)14(19)18-6-3-4-12(18)10-5-7-20-9-10/h5,7-9,12H,2-4,6,15H2,1H3. The molecule has 2 aromatic heterocycles. The molecule has 1 amide bonds. The summed E-state index contributed by atoms with van der Waals surface area (Å²) in [7, 11) is 0. The van der Waals surface area contributed by atoms with E-state index >= 15 is 0 Å². The molecule has 20 heavy (non-hydrogen) atoms. The fraction of sp³-hybridized carbons (Fsp3) is 0.429. The Morgan fingerprint density at radius 1 is 1.60 bits per heavy atom. The Morgan fingerprint density at radius 2 is 2.45 bits per heavy atom. The van der Waals surface area contributed by atoms with E-state index in [2.05, 4.69) is 21.9 Å². The van der Waals surface area contributed by atoms with E-state index in [1.54, 1.807) is 22.2 Å². The molecule has 1 aliphatic rings. The molecule has 106 valence electrons. The lowest BCUT2D eigenvalue weighted by Crippen LogP contribution is -2.31. The van der Waals surface area contributed by atoms with Crippen molar-refractivity contribution in [2.24, 2.45) is 0 Å². The number of nitrogen functional groups attached to an aromatic ring is 1. The van der Waals surface area contributed by atoms with Crippen molar-refractivity contribution in [2.45, 2.75) is 32.4 Å². The second-order valence-corrected chi connectivity index (χ2v) is 5.78. The number of anilines is 1. The summed E-state index contributed by atoms with van der Waals surface area (Å²) in [5.74, 6) is -0.0524. The van der Waals surface area contributed by atoms with Gasteiger partial charge in [-0.3, -0.25) is 9.48 Å². The Morgan fingerprint density at radius 3 is 3.10 bits per heavy atom. The zero-order valence-corrected chi connectivity index (χ0v) is 12.3. The SMILES string of the molecule is CCn1cc(N)c(C(=O)N2CCCC2c2ccsc2)n1. The molecule has 1 unspecified atom stereocenters. The van der Waals surface area contributed by atoms with E-state index in [0.29, 0.717) is 17.9 Å². The highest BCUT2D eigenvalue weighted by Crippen LogP contribution is 2.34. The summed E-state index contributed by atoms with van der Waals surface area (Å²) in [4.78, 5) is 14.6. The van der Waals surface area contributed by atoms with E-state index < -0.39 is 0 Å². The highest BCUT2D eigenvalue weighted by molar-refractivity contribution is 7.07. The van der Waals surface area contributed by atoms with Crippen LogP contribution < -0.4 is 5.73 Å². The Labute approximate surface area is 122 Å². The maximum atomic E-state index is 12.7. The van der Waals surface area contributed by atoms with Gasteiger partial charge in [-0.2, -0.15) is 16.4 Å². The number of likely N-dealkylation sites (tertiary alicyclic amines) is 1. The van der Waals surface area contributed by atoms with Crippen LogP contribution in [0.2, 0.25) is 0 Å². The summed E-state index contributed by atoms with van der Waals surface area (Å²) in [5.41, 5.74) is 7.99. The van der Waals surface area contributed by atoms with Gasteiger partial charge in [-0.25, -0.2) is 0 Å². The first-order valence-corrected chi connectivity index (χ1v) is 7.81. The van der Waals surface area contributed by atoms with Gasteiger partial charge < -0.3 is 10.6 Å². The number of thiophene rings is 1. The van der Waals surface area contributed by atoms with Gasteiger partial charge >= 0.3 is 0 Å². The molecule has 1 aliphatic heterocycles. The molecule has 3 heterocycles. The lowest BCUT2D eigenvalue weighted by atomic mass is 10.1. The van der Waals surface area contributed by atoms with Gasteiger partial charge in [0.05, 0.1) is 11.7 Å². The molecule has 1 fully saturated rings. The van der Waals surface area contributed by atoms with E-state index in [-0.39, 0.29) is 11.9 Å². The number of aromatic nitrogens is 2. The van der Waals surface area contributed by atoms with Crippen molar-refractivity contribution in [3.8, 4) is 0 Å². The summed E-state index contributed by atoms with van der Waals surface area (Å²) in [6.07, 6.45) is 3.76. The summed E-state index contributed by atoms with van der Waals surface area (Å²) in [6, 6.07) is 2.26. The topological polar surface area (TPSA) is 64.2 Å². The smallest absolute Gasteiger partial charge is 0.277 e. The zero-order chi connectivity index (χ0) is 14.1. The Bertz CT molecular complexity index is 605. The van der Waals surface area contributed by atoms with Gasteiger partial charge in [0.1, 0.15) is 0 Å². The summed E-state index contributed by atoms with van der Waals surface area (Å²) in [6.45, 7) is 3.47. The molecular formula is C14H18N4OS. The third-order valence-electron chi connectivity index (χ3n) is 3.76. The van der Waals surface area contributed by atoms with Gasteiger partial charge in [0.15, 0.2) is 5.69 Å². The molecule has 2 N–H and O–H groups in total. The lowest BCUT2D eigenvalue weighted by molar-refractivity contribution is 0.0730. The van der Waals surface area contributed by atoms with Crippen LogP contribution in [0.3, 0.4) is 0 Å². The molecule has 0 bridgehead atoms. The van der Waals surface area contributed by atoms with E-state index in [9.17, 15) is 4.79 Å². The van der Waals surface area contributed by atoms with E-state index in [4.69, 9.17) is 5.73 Å². The first kappa shape index (κ1) is 13.2. The van der Waals surface area contributed by atoms with Gasteiger partial charge in [0, 0.05) is 19.3 Å². The molecule has 0 radical (unpaired) electrons. The molecule has 2 aromatic rings. The summed E-state index contributed by atoms with van der Waals surface area (Å²) >= 11 is 1.66. The Balaban J connectivity index is 1.87. The summed E-state index contributed by atoms with van der Waals surface area (Å²) < 4.78 is 1.71. The number of nitrogens with zero attached hydrogens (tertiary/aromatic N) is 3. The van der Waals surface area contributed by atoms with Crippen LogP contribution in [0.15, 0.2) is 23.0 Å². The third kappa shape index (κ3) is 2.20. The zero-order valence-electron chi connectivity index (χ0n) is 11.5. The number of rotatable bonds is 3. The van der Waals surface area contributed by atoms with Gasteiger partial charge in [0.2, 0.25) is 0 Å². The predicted octanol–water partition coefficient (Wildman–Crippen LogP) is 2.52. The van der Waals surface area contributed by atoms with Crippen molar-refractivity contribution < 1.29 is 4.79 Å². The van der Waals surface area contributed by atoms with Gasteiger partial charge in [0.25, 0.3) is 5.91 Å². The monoisotopic (exact) mass is 290 g/mol. The van der Waals surface area contributed by atoms with Crippen molar-refractivity contribution in [3.63, 3.8) is 0 Å². The van der Waals surface area contributed by atoms with Crippen LogP contribution in [0, 0.1) is 0 Å². The van der Waals surface area contributed by atoms with Gasteiger partial charge in [-0.05, 0) is 42.2 Å². The number of hydrogen-bond donors (Lipinski definition) is 1. The Kier molecular flexibility index (Phi) is 3.48. The van der Waals surface area contributed by atoms with E-state index in [0.717, 1.165) is 19.4 Å². The second kappa shape index (κ2) is 5.28. The van der Waals surface area contributed by atoms with Crippen LogP contribution in [0.5, 0.6) is 0 Å². The van der Waals surface area contributed by atoms with Crippen LogP contribution in [0.4, 0.5) is 5.69 Å². The van der Waals surface area contributed by atoms with Crippen molar-refractivity contribution in [2.75, 3.05) is 12.3 Å². The van der Waals surface area contributed by atoms with Crippen molar-refractivity contribution in [1.29, 1.82) is 0 Å². The molecule has 0 aliphatic carbocycles. The molecule has 3 rings (SSSR count). The molecule has 6 heteroatoms. The largest absolute Gasteiger partial charge is 0.396 e. The number of carbonyl (C=O) groups excluding carboxylic acids is 1. The van der Waals surface area contributed by atoms with Gasteiger partial charge in [-0.15, -0.1) is 0 Å². The minimum absolute atomic E-state index is 0.0524. The van der Waals surface area contributed by atoms with E-state index in [1.807, 2.05) is 11.8 Å². The lowest BCUT2D eigenvalue weighted by Gasteiger charge is -2.23. The maximum Gasteiger partial charge on any atom is 0.277 e. The molecule has 1 saturated heterocycles. The highest BCUT2D eigenvalue weighted by Gasteiger charge is 2.32. The number of amides is 1. The van der Waals surface area contributed by atoms with E-state index in [1.165, 1.54) is 5.56 Å². The van der Waals surface area contributed by atoms with Crippen molar-refractivity contribution >= 4 is 22.9 Å². The predicted molar refractivity (Wildman–Crippen MR) is 79.6 cm³/mol. The molecular weight excluding hydrogens is 272 g/mol. The minimum Gasteiger partial charge on any atom is -0.396 e. The first-order chi connectivity index (χ1) is 9.70. The molecule has 0 aromatic carbocycles. The molecule has 0 spiro atoms. The average Bonchev–Trinajstić information content (AvgIpc) is 3.17. The van der Waals surface area contributed by atoms with Crippen molar-refractivity contribution in [1.82, 2.24) is 14.7 Å². The fourth-order valence-electron chi connectivity index (χ4n) is 2.72. The van der Waals surface area contributed by atoms with Crippen molar-refractivity contribution in [3.05, 3.63) is 34.3 Å². The summed E-state index contributed by atoms with van der Waals surface area (Å²) in [5, 5.41) is 8.46. The third-order valence-corrected chi connectivity index (χ3v) is 4.46. The van der Waals surface area contributed by atoms with Crippen LogP contribution in [-0.2, 0) is 6.54 Å². The molecule has 1 atom stereocenters. The number of nitrogens with two attached hydrogens (primary N) is 1. The number of aryl methyl sites for hydroxylation is 1. The number of hydrogen-bond acceptors (Lipinski definition) is 4. The van der Waals surface area contributed by atoms with Crippen LogP contribution >= 0.6 is 11.3 Å². The van der Waals surface area contributed by atoms with Gasteiger partial charge in [-0.1, -0.05) is 0 Å². The quantitative estimate of drug-likeness (QED) is 0.944. The minimum atomic E-state index is -0.0524. The highest BCUT2D eigenvalue weighted by atomic mass is 32.1. The molecule has 5 nitrogen and oxygen atoms in total. The molecule has 0 saturated carbocycles. The maximum absolute atomic E-state index is 12.7. The number of carbonyl (C=O) groups is 1. The normalized spacial score (nSPS) is 18.6. The van der Waals surface area contributed by atoms with Crippen LogP contribution in [0.1, 0.15) is 41.9 Å². The fourth-order valence-corrected chi connectivity index (χ4v) is 3.43.